The molecule has 74 valence electrons. The van der Waals surface area contributed by atoms with Gasteiger partial charge in [-0.15, -0.1) is 6.58 Å². The fourth-order valence-corrected chi connectivity index (χ4v) is 2.79. The summed E-state index contributed by atoms with van der Waals surface area (Å²) in [5.41, 5.74) is -0.599. The van der Waals surface area contributed by atoms with E-state index in [1.54, 1.807) is 6.08 Å². The van der Waals surface area contributed by atoms with Crippen LogP contribution in [-0.4, -0.2) is 34.7 Å². The Hall–Kier alpha value is -0.340. The van der Waals surface area contributed by atoms with Gasteiger partial charge in [-0.2, -0.15) is 0 Å². The summed E-state index contributed by atoms with van der Waals surface area (Å²) in [6, 6.07) is 0.354. The predicted octanol–water partition coefficient (Wildman–Crippen LogP) is 1.55. The minimum Gasteiger partial charge on any atom is -0.384 e. The molecule has 13 heavy (non-hydrogen) atoms. The van der Waals surface area contributed by atoms with Crippen molar-refractivity contribution in [2.75, 3.05) is 13.1 Å². The summed E-state index contributed by atoms with van der Waals surface area (Å²) < 4.78 is 0. The third kappa shape index (κ3) is 1.53. The average molecular weight is 181 g/mol. The summed E-state index contributed by atoms with van der Waals surface area (Å²) in [6.07, 6.45) is 7.47. The van der Waals surface area contributed by atoms with Gasteiger partial charge in [0.1, 0.15) is 0 Å². The van der Waals surface area contributed by atoms with Gasteiger partial charge in [0.25, 0.3) is 0 Å². The largest absolute Gasteiger partial charge is 0.384 e. The molecule has 2 heteroatoms. The first-order valence-corrected chi connectivity index (χ1v) is 5.36. The van der Waals surface area contributed by atoms with Crippen LogP contribution in [0.2, 0.25) is 0 Å². The molecular weight excluding hydrogens is 162 g/mol. The molecule has 0 bridgehead atoms. The van der Waals surface area contributed by atoms with Crippen LogP contribution < -0.4 is 0 Å². The molecule has 2 unspecified atom stereocenters. The highest BCUT2D eigenvalue weighted by Crippen LogP contribution is 2.34. The van der Waals surface area contributed by atoms with Crippen molar-refractivity contribution < 1.29 is 5.11 Å². The summed E-state index contributed by atoms with van der Waals surface area (Å²) in [6.45, 7) is 6.11. The molecule has 2 aliphatic heterocycles. The summed E-state index contributed by atoms with van der Waals surface area (Å²) >= 11 is 0. The molecule has 2 fully saturated rings. The fraction of sp³-hybridized carbons (Fsp3) is 0.818. The SMILES string of the molecule is C=CC1(O)CCCN2CCCCC21. The maximum atomic E-state index is 10.3. The Morgan fingerprint density at radius 3 is 2.85 bits per heavy atom. The number of hydrogen-bond donors (Lipinski definition) is 1. The van der Waals surface area contributed by atoms with Gasteiger partial charge in [0, 0.05) is 6.04 Å². The van der Waals surface area contributed by atoms with Crippen molar-refractivity contribution in [3.05, 3.63) is 12.7 Å². The fourth-order valence-electron chi connectivity index (χ4n) is 2.79. The minimum absolute atomic E-state index is 0.354. The Morgan fingerprint density at radius 2 is 2.08 bits per heavy atom. The van der Waals surface area contributed by atoms with Gasteiger partial charge in [-0.05, 0) is 38.8 Å². The summed E-state index contributed by atoms with van der Waals surface area (Å²) in [4.78, 5) is 2.44. The maximum Gasteiger partial charge on any atom is 0.0980 e. The van der Waals surface area contributed by atoms with Crippen LogP contribution in [0.15, 0.2) is 12.7 Å². The van der Waals surface area contributed by atoms with E-state index in [1.807, 2.05) is 0 Å². The number of hydrogen-bond acceptors (Lipinski definition) is 2. The number of piperidine rings is 2. The first kappa shape index (κ1) is 9.22. The molecule has 0 saturated carbocycles. The third-order valence-corrected chi connectivity index (χ3v) is 3.57. The predicted molar refractivity (Wildman–Crippen MR) is 53.6 cm³/mol. The molecule has 1 N–H and O–H groups in total. The van der Waals surface area contributed by atoms with Crippen molar-refractivity contribution in [3.63, 3.8) is 0 Å². The molecule has 2 atom stereocenters. The van der Waals surface area contributed by atoms with Crippen molar-refractivity contribution >= 4 is 0 Å². The van der Waals surface area contributed by atoms with Gasteiger partial charge >= 0.3 is 0 Å². The molecule has 0 aromatic rings. The smallest absolute Gasteiger partial charge is 0.0980 e. The van der Waals surface area contributed by atoms with Gasteiger partial charge < -0.3 is 5.11 Å². The molecule has 2 rings (SSSR count). The second-order valence-electron chi connectivity index (χ2n) is 4.35. The normalized spacial score (nSPS) is 41.2. The first-order valence-electron chi connectivity index (χ1n) is 5.36. The molecule has 2 heterocycles. The lowest BCUT2D eigenvalue weighted by Gasteiger charge is -2.48. The number of rotatable bonds is 1. The topological polar surface area (TPSA) is 23.5 Å². The molecule has 2 saturated heterocycles. The van der Waals surface area contributed by atoms with Crippen molar-refractivity contribution in [2.45, 2.75) is 43.7 Å². The Bertz CT molecular complexity index is 202. The van der Waals surface area contributed by atoms with E-state index in [1.165, 1.54) is 25.9 Å². The van der Waals surface area contributed by atoms with Crippen LogP contribution in [0.25, 0.3) is 0 Å². The molecule has 0 aromatic carbocycles. The molecule has 0 amide bonds. The van der Waals surface area contributed by atoms with Crippen molar-refractivity contribution in [1.82, 2.24) is 4.90 Å². The van der Waals surface area contributed by atoms with E-state index in [0.29, 0.717) is 6.04 Å². The van der Waals surface area contributed by atoms with Crippen LogP contribution >= 0.6 is 0 Å². The zero-order chi connectivity index (χ0) is 9.31. The van der Waals surface area contributed by atoms with Crippen LogP contribution in [0, 0.1) is 0 Å². The second-order valence-corrected chi connectivity index (χ2v) is 4.35. The minimum atomic E-state index is -0.599. The summed E-state index contributed by atoms with van der Waals surface area (Å²) in [7, 11) is 0. The molecular formula is C11H19NO. The van der Waals surface area contributed by atoms with Gasteiger partial charge in [-0.1, -0.05) is 12.5 Å². The van der Waals surface area contributed by atoms with Crippen LogP contribution in [0.5, 0.6) is 0 Å². The zero-order valence-electron chi connectivity index (χ0n) is 8.21. The lowest BCUT2D eigenvalue weighted by Crippen LogP contribution is -2.57. The Labute approximate surface area is 80.2 Å². The standard InChI is InChI=1S/C11H19NO/c1-2-11(13)7-5-9-12-8-4-3-6-10(11)12/h2,10,13H,1,3-9H2. The highest BCUT2D eigenvalue weighted by atomic mass is 16.3. The maximum absolute atomic E-state index is 10.3. The summed E-state index contributed by atoms with van der Waals surface area (Å²) in [5, 5.41) is 10.3. The molecule has 0 aromatic heterocycles. The molecule has 2 nitrogen and oxygen atoms in total. The van der Waals surface area contributed by atoms with Gasteiger partial charge in [-0.3, -0.25) is 4.90 Å². The molecule has 0 aliphatic carbocycles. The van der Waals surface area contributed by atoms with Gasteiger partial charge in [0.05, 0.1) is 5.60 Å². The number of fused-ring (bicyclic) bond motifs is 1. The lowest BCUT2D eigenvalue weighted by molar-refractivity contribution is -0.0610. The van der Waals surface area contributed by atoms with Crippen molar-refractivity contribution in [3.8, 4) is 0 Å². The monoisotopic (exact) mass is 181 g/mol. The van der Waals surface area contributed by atoms with Crippen molar-refractivity contribution in [1.29, 1.82) is 0 Å². The lowest BCUT2D eigenvalue weighted by atomic mass is 9.80. The van der Waals surface area contributed by atoms with E-state index in [4.69, 9.17) is 0 Å². The highest BCUT2D eigenvalue weighted by Gasteiger charge is 2.41. The zero-order valence-corrected chi connectivity index (χ0v) is 8.21. The van der Waals surface area contributed by atoms with Crippen LogP contribution in [0.3, 0.4) is 0 Å². The van der Waals surface area contributed by atoms with E-state index >= 15 is 0 Å². The van der Waals surface area contributed by atoms with Crippen LogP contribution in [0.4, 0.5) is 0 Å². The van der Waals surface area contributed by atoms with Gasteiger partial charge in [0.15, 0.2) is 0 Å². The highest BCUT2D eigenvalue weighted by molar-refractivity contribution is 5.08. The first-order chi connectivity index (χ1) is 6.26. The molecule has 2 aliphatic rings. The third-order valence-electron chi connectivity index (χ3n) is 3.57. The average Bonchev–Trinajstić information content (AvgIpc) is 2.19. The van der Waals surface area contributed by atoms with E-state index in [-0.39, 0.29) is 0 Å². The quantitative estimate of drug-likeness (QED) is 0.620. The second kappa shape index (κ2) is 3.43. The van der Waals surface area contributed by atoms with Gasteiger partial charge in [0.2, 0.25) is 0 Å². The van der Waals surface area contributed by atoms with E-state index in [9.17, 15) is 5.11 Å². The summed E-state index contributed by atoms with van der Waals surface area (Å²) in [5.74, 6) is 0. The Kier molecular flexibility index (Phi) is 2.43. The molecule has 0 spiro atoms. The van der Waals surface area contributed by atoms with E-state index in [0.717, 1.165) is 19.3 Å². The van der Waals surface area contributed by atoms with E-state index in [2.05, 4.69) is 11.5 Å². The Morgan fingerprint density at radius 1 is 1.31 bits per heavy atom. The van der Waals surface area contributed by atoms with E-state index < -0.39 is 5.60 Å². The number of nitrogens with zero attached hydrogens (tertiary/aromatic N) is 1. The molecule has 0 radical (unpaired) electrons. The van der Waals surface area contributed by atoms with Crippen LogP contribution in [0.1, 0.15) is 32.1 Å². The van der Waals surface area contributed by atoms with Gasteiger partial charge in [-0.25, -0.2) is 0 Å². The van der Waals surface area contributed by atoms with Crippen LogP contribution in [-0.2, 0) is 0 Å². The Balaban J connectivity index is 2.15. The number of aliphatic hydroxyl groups is 1. The van der Waals surface area contributed by atoms with Crippen molar-refractivity contribution in [2.24, 2.45) is 0 Å².